The molecule has 0 saturated heterocycles. The number of amides is 1. The first-order valence-electron chi connectivity index (χ1n) is 8.39. The third kappa shape index (κ3) is 2.96. The van der Waals surface area contributed by atoms with Crippen LogP contribution in [0.4, 0.5) is 4.39 Å². The number of carbonyl (C=O) groups excluding carboxylic acids is 1. The molecular formula is C18H21FN2O2. The summed E-state index contributed by atoms with van der Waals surface area (Å²) in [5.74, 6) is 1.03. The van der Waals surface area contributed by atoms with Crippen molar-refractivity contribution in [1.82, 2.24) is 4.90 Å². The summed E-state index contributed by atoms with van der Waals surface area (Å²) < 4.78 is 13.3. The highest BCUT2D eigenvalue weighted by molar-refractivity contribution is 6.04. The number of halogens is 1. The van der Waals surface area contributed by atoms with Crippen LogP contribution in [0.2, 0.25) is 0 Å². The SMILES string of the molecule is CN(C(=O)[C@H]1CC(c2cccc(F)c2)=NO1)C(C1CC1)C1CC1. The second-order valence-corrected chi connectivity index (χ2v) is 6.96. The van der Waals surface area contributed by atoms with Gasteiger partial charge in [0.2, 0.25) is 6.10 Å². The Balaban J connectivity index is 1.42. The Labute approximate surface area is 135 Å². The third-order valence-corrected chi connectivity index (χ3v) is 5.11. The van der Waals surface area contributed by atoms with E-state index in [-0.39, 0.29) is 11.7 Å². The molecule has 1 aromatic carbocycles. The van der Waals surface area contributed by atoms with Gasteiger partial charge in [-0.1, -0.05) is 17.3 Å². The van der Waals surface area contributed by atoms with Crippen LogP contribution in [0.25, 0.3) is 0 Å². The Bertz CT molecular complexity index is 640. The molecule has 0 radical (unpaired) electrons. The van der Waals surface area contributed by atoms with Crippen LogP contribution in [-0.4, -0.2) is 35.7 Å². The minimum atomic E-state index is -0.571. The maximum atomic E-state index is 13.3. The van der Waals surface area contributed by atoms with Crippen LogP contribution in [0.3, 0.4) is 0 Å². The monoisotopic (exact) mass is 316 g/mol. The topological polar surface area (TPSA) is 41.9 Å². The Morgan fingerprint density at radius 2 is 2.00 bits per heavy atom. The predicted octanol–water partition coefficient (Wildman–Crippen LogP) is 2.97. The molecule has 1 atom stereocenters. The fourth-order valence-corrected chi connectivity index (χ4v) is 3.62. The van der Waals surface area contributed by atoms with Crippen LogP contribution in [0.5, 0.6) is 0 Å². The van der Waals surface area contributed by atoms with E-state index in [9.17, 15) is 9.18 Å². The Morgan fingerprint density at radius 1 is 1.30 bits per heavy atom. The van der Waals surface area contributed by atoms with Gasteiger partial charge in [0.25, 0.3) is 5.91 Å². The number of rotatable bonds is 5. The van der Waals surface area contributed by atoms with Crippen molar-refractivity contribution in [1.29, 1.82) is 0 Å². The summed E-state index contributed by atoms with van der Waals surface area (Å²) in [7, 11) is 1.90. The van der Waals surface area contributed by atoms with Crippen molar-refractivity contribution in [2.24, 2.45) is 17.0 Å². The summed E-state index contributed by atoms with van der Waals surface area (Å²) in [5, 5.41) is 4.01. The van der Waals surface area contributed by atoms with Crippen LogP contribution in [-0.2, 0) is 9.63 Å². The van der Waals surface area contributed by atoms with E-state index in [1.165, 1.54) is 37.8 Å². The number of likely N-dealkylation sites (N-methyl/N-ethyl adjacent to an activating group) is 1. The minimum absolute atomic E-state index is 0.00366. The molecule has 0 spiro atoms. The molecule has 23 heavy (non-hydrogen) atoms. The number of hydrogen-bond donors (Lipinski definition) is 0. The van der Waals surface area contributed by atoms with Crippen LogP contribution in [0, 0.1) is 17.7 Å². The predicted molar refractivity (Wildman–Crippen MR) is 84.4 cm³/mol. The highest BCUT2D eigenvalue weighted by atomic mass is 19.1. The van der Waals surface area contributed by atoms with E-state index in [0.717, 1.165) is 0 Å². The maximum absolute atomic E-state index is 13.3. The second kappa shape index (κ2) is 5.62. The first-order valence-corrected chi connectivity index (χ1v) is 8.39. The number of benzene rings is 1. The fraction of sp³-hybridized carbons (Fsp3) is 0.556. The molecule has 1 aliphatic heterocycles. The van der Waals surface area contributed by atoms with E-state index >= 15 is 0 Å². The van der Waals surface area contributed by atoms with Crippen molar-refractivity contribution in [3.63, 3.8) is 0 Å². The van der Waals surface area contributed by atoms with E-state index in [2.05, 4.69) is 5.16 Å². The van der Waals surface area contributed by atoms with Crippen molar-refractivity contribution in [3.8, 4) is 0 Å². The van der Waals surface area contributed by atoms with E-state index < -0.39 is 6.10 Å². The van der Waals surface area contributed by atoms with Gasteiger partial charge in [0.05, 0.1) is 5.71 Å². The van der Waals surface area contributed by atoms with Gasteiger partial charge in [0.1, 0.15) is 5.82 Å². The molecule has 4 rings (SSSR count). The van der Waals surface area contributed by atoms with Gasteiger partial charge < -0.3 is 9.74 Å². The highest BCUT2D eigenvalue weighted by Crippen LogP contribution is 2.47. The summed E-state index contributed by atoms with van der Waals surface area (Å²) >= 11 is 0. The molecule has 122 valence electrons. The van der Waals surface area contributed by atoms with Gasteiger partial charge in [-0.3, -0.25) is 4.79 Å². The molecule has 4 nitrogen and oxygen atoms in total. The van der Waals surface area contributed by atoms with Crippen LogP contribution >= 0.6 is 0 Å². The minimum Gasteiger partial charge on any atom is -0.382 e. The molecular weight excluding hydrogens is 295 g/mol. The lowest BCUT2D eigenvalue weighted by Crippen LogP contribution is -2.45. The maximum Gasteiger partial charge on any atom is 0.266 e. The molecule has 1 amide bonds. The fourth-order valence-electron chi connectivity index (χ4n) is 3.62. The van der Waals surface area contributed by atoms with Crippen LogP contribution in [0.1, 0.15) is 37.7 Å². The third-order valence-electron chi connectivity index (χ3n) is 5.11. The second-order valence-electron chi connectivity index (χ2n) is 6.96. The quantitative estimate of drug-likeness (QED) is 0.838. The summed E-state index contributed by atoms with van der Waals surface area (Å²) in [6, 6.07) is 6.62. The largest absolute Gasteiger partial charge is 0.382 e. The number of carbonyl (C=O) groups is 1. The van der Waals surface area contributed by atoms with Crippen molar-refractivity contribution in [2.45, 2.75) is 44.2 Å². The summed E-state index contributed by atoms with van der Waals surface area (Å²) in [6.45, 7) is 0. The zero-order chi connectivity index (χ0) is 16.0. The normalized spacial score (nSPS) is 23.6. The van der Waals surface area contributed by atoms with E-state index in [4.69, 9.17) is 4.84 Å². The molecule has 0 bridgehead atoms. The van der Waals surface area contributed by atoms with Gasteiger partial charge in [0, 0.05) is 25.1 Å². The van der Waals surface area contributed by atoms with Crippen LogP contribution in [0.15, 0.2) is 29.4 Å². The van der Waals surface area contributed by atoms with Gasteiger partial charge in [-0.15, -0.1) is 0 Å². The van der Waals surface area contributed by atoms with Gasteiger partial charge in [-0.25, -0.2) is 4.39 Å². The molecule has 5 heteroatoms. The molecule has 3 aliphatic rings. The average Bonchev–Trinajstić information content (AvgIpc) is 3.48. The zero-order valence-corrected chi connectivity index (χ0v) is 13.2. The molecule has 0 unspecified atom stereocenters. The summed E-state index contributed by atoms with van der Waals surface area (Å²) in [4.78, 5) is 20.0. The zero-order valence-electron chi connectivity index (χ0n) is 13.2. The molecule has 1 aromatic rings. The molecule has 0 aromatic heterocycles. The standard InChI is InChI=1S/C18H21FN2O2/c1-21(17(11-5-6-11)12-7-8-12)18(22)16-10-15(20-23-16)13-3-2-4-14(19)9-13/h2-4,9,11-12,16-17H,5-8,10H2,1H3/t16-/m1/s1. The molecule has 0 N–H and O–H groups in total. The lowest BCUT2D eigenvalue weighted by Gasteiger charge is -2.29. The van der Waals surface area contributed by atoms with Crippen molar-refractivity contribution < 1.29 is 14.0 Å². The highest BCUT2D eigenvalue weighted by Gasteiger charge is 2.46. The summed E-state index contributed by atoms with van der Waals surface area (Å²) in [5.41, 5.74) is 1.33. The lowest BCUT2D eigenvalue weighted by atomic mass is 10.0. The lowest BCUT2D eigenvalue weighted by molar-refractivity contribution is -0.143. The molecule has 2 fully saturated rings. The van der Waals surface area contributed by atoms with Gasteiger partial charge >= 0.3 is 0 Å². The Morgan fingerprint density at radius 3 is 2.61 bits per heavy atom. The Kier molecular flexibility index (Phi) is 3.58. The van der Waals surface area contributed by atoms with E-state index in [1.54, 1.807) is 12.1 Å². The number of hydrogen-bond acceptors (Lipinski definition) is 3. The molecule has 2 saturated carbocycles. The molecule has 2 aliphatic carbocycles. The van der Waals surface area contributed by atoms with Gasteiger partial charge in [-0.05, 0) is 49.7 Å². The first-order chi connectivity index (χ1) is 11.1. The average molecular weight is 316 g/mol. The van der Waals surface area contributed by atoms with Crippen molar-refractivity contribution in [2.75, 3.05) is 7.05 Å². The Hall–Kier alpha value is -1.91. The van der Waals surface area contributed by atoms with Crippen molar-refractivity contribution in [3.05, 3.63) is 35.6 Å². The smallest absolute Gasteiger partial charge is 0.266 e. The van der Waals surface area contributed by atoms with E-state index in [0.29, 0.717) is 35.6 Å². The van der Waals surface area contributed by atoms with Gasteiger partial charge in [0.15, 0.2) is 0 Å². The van der Waals surface area contributed by atoms with Crippen LogP contribution < -0.4 is 0 Å². The van der Waals surface area contributed by atoms with Gasteiger partial charge in [-0.2, -0.15) is 0 Å². The number of oxime groups is 1. The number of nitrogens with zero attached hydrogens (tertiary/aromatic N) is 2. The molecule has 1 heterocycles. The van der Waals surface area contributed by atoms with E-state index in [1.807, 2.05) is 11.9 Å². The summed E-state index contributed by atoms with van der Waals surface area (Å²) in [6.07, 6.45) is 4.77. The van der Waals surface area contributed by atoms with Crippen molar-refractivity contribution >= 4 is 11.6 Å². The first kappa shape index (κ1) is 14.7.